The second-order valence-electron chi connectivity index (χ2n) is 4.81. The fourth-order valence-corrected chi connectivity index (χ4v) is 1.18. The predicted molar refractivity (Wildman–Crippen MR) is 58.1 cm³/mol. The number of carbonyl (C=O) groups is 1. The van der Waals surface area contributed by atoms with Gasteiger partial charge in [-0.25, -0.2) is 0 Å². The molecule has 0 aromatic rings. The number of ether oxygens (including phenoxy) is 1. The van der Waals surface area contributed by atoms with Gasteiger partial charge in [0.1, 0.15) is 11.6 Å². The first-order valence-electron chi connectivity index (χ1n) is 5.24. The van der Waals surface area contributed by atoms with Crippen LogP contribution in [0.1, 0.15) is 41.5 Å². The molecule has 14 heavy (non-hydrogen) atoms. The van der Waals surface area contributed by atoms with Crippen LogP contribution in [0.5, 0.6) is 0 Å². The van der Waals surface area contributed by atoms with Crippen molar-refractivity contribution in [3.05, 3.63) is 0 Å². The molecule has 3 heteroatoms. The first-order valence-corrected chi connectivity index (χ1v) is 5.24. The molecule has 0 aliphatic carbocycles. The Morgan fingerprint density at radius 3 is 2.14 bits per heavy atom. The fraction of sp³-hybridized carbons (Fsp3) is 0.909. The molecule has 0 aromatic heterocycles. The lowest BCUT2D eigenvalue weighted by molar-refractivity contribution is -0.158. The maximum atomic E-state index is 11.7. The minimum Gasteiger partial charge on any atom is -0.459 e. The van der Waals surface area contributed by atoms with Gasteiger partial charge in [-0.05, 0) is 33.2 Å². The zero-order valence-electron chi connectivity index (χ0n) is 10.2. The Labute approximate surface area is 87.2 Å². The van der Waals surface area contributed by atoms with E-state index in [1.165, 1.54) is 0 Å². The van der Waals surface area contributed by atoms with Crippen molar-refractivity contribution in [1.82, 2.24) is 5.32 Å². The van der Waals surface area contributed by atoms with Gasteiger partial charge in [0.25, 0.3) is 0 Å². The summed E-state index contributed by atoms with van der Waals surface area (Å²) >= 11 is 0. The highest BCUT2D eigenvalue weighted by molar-refractivity contribution is 5.76. The van der Waals surface area contributed by atoms with Crippen LogP contribution in [0.3, 0.4) is 0 Å². The molecule has 0 spiro atoms. The molecule has 0 aliphatic heterocycles. The molecule has 0 fully saturated rings. The minimum absolute atomic E-state index is 0.158. The number of hydrogen-bond acceptors (Lipinski definition) is 3. The third-order valence-corrected chi connectivity index (χ3v) is 1.75. The van der Waals surface area contributed by atoms with Crippen molar-refractivity contribution in [1.29, 1.82) is 0 Å². The van der Waals surface area contributed by atoms with Crippen LogP contribution in [-0.2, 0) is 9.53 Å². The van der Waals surface area contributed by atoms with Gasteiger partial charge in [0, 0.05) is 0 Å². The Kier molecular flexibility index (Phi) is 5.13. The molecule has 1 unspecified atom stereocenters. The van der Waals surface area contributed by atoms with Crippen molar-refractivity contribution in [2.75, 3.05) is 6.54 Å². The molecule has 1 N–H and O–H groups in total. The van der Waals surface area contributed by atoms with Crippen LogP contribution in [0.25, 0.3) is 0 Å². The molecule has 0 radical (unpaired) electrons. The van der Waals surface area contributed by atoms with Gasteiger partial charge < -0.3 is 10.1 Å². The number of carbonyl (C=O) groups excluding carboxylic acids is 1. The maximum Gasteiger partial charge on any atom is 0.323 e. The highest BCUT2D eigenvalue weighted by Crippen LogP contribution is 2.11. The molecule has 0 saturated heterocycles. The van der Waals surface area contributed by atoms with Gasteiger partial charge in [-0.2, -0.15) is 0 Å². The average Bonchev–Trinajstić information content (AvgIpc) is 1.95. The van der Waals surface area contributed by atoms with Gasteiger partial charge in [-0.3, -0.25) is 4.79 Å². The van der Waals surface area contributed by atoms with Crippen molar-refractivity contribution in [2.45, 2.75) is 53.2 Å². The SMILES string of the molecule is CCNC(C(=O)OC(C)(C)C)C(C)C. The maximum absolute atomic E-state index is 11.7. The quantitative estimate of drug-likeness (QED) is 0.707. The van der Waals surface area contributed by atoms with E-state index in [4.69, 9.17) is 4.74 Å². The lowest BCUT2D eigenvalue weighted by atomic mass is 10.0. The Hall–Kier alpha value is -0.570. The predicted octanol–water partition coefficient (Wildman–Crippen LogP) is 1.96. The average molecular weight is 201 g/mol. The molecule has 0 rings (SSSR count). The summed E-state index contributed by atoms with van der Waals surface area (Å²) in [5.74, 6) is 0.0964. The summed E-state index contributed by atoms with van der Waals surface area (Å²) in [7, 11) is 0. The van der Waals surface area contributed by atoms with Gasteiger partial charge >= 0.3 is 5.97 Å². The van der Waals surface area contributed by atoms with Gasteiger partial charge in [0.05, 0.1) is 0 Å². The summed E-state index contributed by atoms with van der Waals surface area (Å²) in [6, 6.07) is -0.195. The molecule has 0 saturated carbocycles. The standard InChI is InChI=1S/C11H23NO2/c1-7-12-9(8(2)3)10(13)14-11(4,5)6/h8-9,12H,7H2,1-6H3. The van der Waals surface area contributed by atoms with E-state index >= 15 is 0 Å². The van der Waals surface area contributed by atoms with Gasteiger partial charge in [-0.1, -0.05) is 20.8 Å². The number of rotatable bonds is 4. The van der Waals surface area contributed by atoms with Crippen LogP contribution in [0.2, 0.25) is 0 Å². The summed E-state index contributed by atoms with van der Waals surface area (Å²) in [5.41, 5.74) is -0.403. The van der Waals surface area contributed by atoms with Crippen LogP contribution < -0.4 is 5.32 Å². The molecule has 84 valence electrons. The first kappa shape index (κ1) is 13.4. The van der Waals surface area contributed by atoms with E-state index in [0.717, 1.165) is 6.54 Å². The van der Waals surface area contributed by atoms with E-state index in [0.29, 0.717) is 0 Å². The molecule has 0 amide bonds. The molecule has 0 aliphatic rings. The van der Waals surface area contributed by atoms with Crippen LogP contribution in [0, 0.1) is 5.92 Å². The first-order chi connectivity index (χ1) is 6.28. The third-order valence-electron chi connectivity index (χ3n) is 1.75. The van der Waals surface area contributed by atoms with Crippen molar-refractivity contribution >= 4 is 5.97 Å². The summed E-state index contributed by atoms with van der Waals surface area (Å²) in [6.07, 6.45) is 0. The highest BCUT2D eigenvalue weighted by Gasteiger charge is 2.26. The number of esters is 1. The largest absolute Gasteiger partial charge is 0.459 e. The summed E-state index contributed by atoms with van der Waals surface area (Å²) < 4.78 is 5.31. The van der Waals surface area contributed by atoms with Crippen LogP contribution in [-0.4, -0.2) is 24.2 Å². The minimum atomic E-state index is -0.403. The molecule has 1 atom stereocenters. The normalized spacial score (nSPS) is 14.2. The molecule has 0 heterocycles. The zero-order valence-corrected chi connectivity index (χ0v) is 10.2. The van der Waals surface area contributed by atoms with E-state index in [9.17, 15) is 4.79 Å². The van der Waals surface area contributed by atoms with E-state index in [2.05, 4.69) is 5.32 Å². The van der Waals surface area contributed by atoms with E-state index < -0.39 is 5.60 Å². The fourth-order valence-electron chi connectivity index (χ4n) is 1.18. The molecule has 0 aromatic carbocycles. The zero-order chi connectivity index (χ0) is 11.4. The topological polar surface area (TPSA) is 38.3 Å². The highest BCUT2D eigenvalue weighted by atomic mass is 16.6. The summed E-state index contributed by atoms with van der Waals surface area (Å²) in [4.78, 5) is 11.7. The van der Waals surface area contributed by atoms with Crippen molar-refractivity contribution < 1.29 is 9.53 Å². The Balaban J connectivity index is 4.30. The Morgan fingerprint density at radius 2 is 1.86 bits per heavy atom. The third kappa shape index (κ3) is 5.22. The molecular formula is C11H23NO2. The van der Waals surface area contributed by atoms with Gasteiger partial charge in [0.15, 0.2) is 0 Å². The second-order valence-corrected chi connectivity index (χ2v) is 4.81. The molecular weight excluding hydrogens is 178 g/mol. The van der Waals surface area contributed by atoms with Gasteiger partial charge in [-0.15, -0.1) is 0 Å². The molecule has 3 nitrogen and oxygen atoms in total. The van der Waals surface area contributed by atoms with E-state index in [-0.39, 0.29) is 17.9 Å². The number of nitrogens with one attached hydrogen (secondary N) is 1. The lowest BCUT2D eigenvalue weighted by Crippen LogP contribution is -2.44. The monoisotopic (exact) mass is 201 g/mol. The Morgan fingerprint density at radius 1 is 1.36 bits per heavy atom. The number of hydrogen-bond donors (Lipinski definition) is 1. The van der Waals surface area contributed by atoms with E-state index in [1.807, 2.05) is 41.5 Å². The summed E-state index contributed by atoms with van der Waals surface area (Å²) in [6.45, 7) is 12.4. The second kappa shape index (κ2) is 5.35. The summed E-state index contributed by atoms with van der Waals surface area (Å²) in [5, 5.41) is 3.13. The smallest absolute Gasteiger partial charge is 0.323 e. The van der Waals surface area contributed by atoms with Crippen LogP contribution in [0.15, 0.2) is 0 Å². The van der Waals surface area contributed by atoms with Crippen molar-refractivity contribution in [2.24, 2.45) is 5.92 Å². The lowest BCUT2D eigenvalue weighted by Gasteiger charge is -2.26. The van der Waals surface area contributed by atoms with Crippen molar-refractivity contribution in [3.8, 4) is 0 Å². The van der Waals surface area contributed by atoms with E-state index in [1.54, 1.807) is 0 Å². The van der Waals surface area contributed by atoms with Crippen LogP contribution in [0.4, 0.5) is 0 Å². The Bertz CT molecular complexity index is 182. The van der Waals surface area contributed by atoms with Gasteiger partial charge in [0.2, 0.25) is 0 Å². The molecule has 0 bridgehead atoms. The van der Waals surface area contributed by atoms with Crippen LogP contribution >= 0.6 is 0 Å². The number of likely N-dealkylation sites (N-methyl/N-ethyl adjacent to an activating group) is 1. The van der Waals surface area contributed by atoms with Crippen molar-refractivity contribution in [3.63, 3.8) is 0 Å².